The molecular formula is C14H12Cl2O4S. The third kappa shape index (κ3) is 4.03. The molecule has 0 atom stereocenters. The van der Waals surface area contributed by atoms with Crippen molar-refractivity contribution in [3.63, 3.8) is 0 Å². The highest BCUT2D eigenvalue weighted by atomic mass is 35.5. The molecule has 21 heavy (non-hydrogen) atoms. The molecule has 0 fully saturated rings. The molecule has 0 spiro atoms. The van der Waals surface area contributed by atoms with Gasteiger partial charge in [0.1, 0.15) is 21.6 Å². The molecular weight excluding hydrogens is 335 g/mol. The van der Waals surface area contributed by atoms with Crippen LogP contribution in [0, 0.1) is 0 Å². The van der Waals surface area contributed by atoms with Crippen LogP contribution in [0.5, 0.6) is 17.2 Å². The Morgan fingerprint density at radius 2 is 1.62 bits per heavy atom. The van der Waals surface area contributed by atoms with E-state index in [4.69, 9.17) is 37.4 Å². The van der Waals surface area contributed by atoms with Crippen LogP contribution in [-0.2, 0) is 0 Å². The maximum Gasteiger partial charge on any atom is 0.202 e. The highest BCUT2D eigenvalue weighted by molar-refractivity contribution is 7.20. The van der Waals surface area contributed by atoms with Gasteiger partial charge in [-0.05, 0) is 6.07 Å². The van der Waals surface area contributed by atoms with E-state index in [0.717, 1.165) is 11.3 Å². The van der Waals surface area contributed by atoms with Crippen LogP contribution in [0.15, 0.2) is 24.3 Å². The third-order valence-electron chi connectivity index (χ3n) is 2.65. The van der Waals surface area contributed by atoms with E-state index in [2.05, 4.69) is 0 Å². The van der Waals surface area contributed by atoms with Crippen molar-refractivity contribution < 1.29 is 19.0 Å². The van der Waals surface area contributed by atoms with Crippen molar-refractivity contribution in [2.24, 2.45) is 0 Å². The highest BCUT2D eigenvalue weighted by Crippen LogP contribution is 2.32. The van der Waals surface area contributed by atoms with Gasteiger partial charge in [-0.15, -0.1) is 11.3 Å². The largest absolute Gasteiger partial charge is 0.496 e. The molecule has 0 saturated heterocycles. The number of carbonyl (C=O) groups is 1. The maximum atomic E-state index is 12.0. The Morgan fingerprint density at radius 3 is 2.10 bits per heavy atom. The number of ketones is 1. The van der Waals surface area contributed by atoms with Crippen LogP contribution < -0.4 is 14.2 Å². The van der Waals surface area contributed by atoms with Gasteiger partial charge >= 0.3 is 0 Å². The molecule has 0 aliphatic carbocycles. The summed E-state index contributed by atoms with van der Waals surface area (Å²) in [5.74, 6) is 1.38. The van der Waals surface area contributed by atoms with Crippen molar-refractivity contribution >= 4 is 40.3 Å². The second kappa shape index (κ2) is 7.02. The second-order valence-electron chi connectivity index (χ2n) is 4.00. The highest BCUT2D eigenvalue weighted by Gasteiger charge is 2.15. The summed E-state index contributed by atoms with van der Waals surface area (Å²) in [4.78, 5) is 12.0. The molecule has 1 heterocycles. The van der Waals surface area contributed by atoms with Gasteiger partial charge < -0.3 is 14.2 Å². The molecule has 0 aliphatic rings. The number of hydrogen-bond donors (Lipinski definition) is 0. The fourth-order valence-electron chi connectivity index (χ4n) is 1.62. The molecule has 0 N–H and O–H groups in total. The van der Waals surface area contributed by atoms with Gasteiger partial charge in [-0.25, -0.2) is 0 Å². The number of Topliss-reactive ketones (excluding diaryl/α,β-unsaturated/α-hetero) is 1. The first-order chi connectivity index (χ1) is 10.0. The minimum Gasteiger partial charge on any atom is -0.496 e. The van der Waals surface area contributed by atoms with Gasteiger partial charge in [-0.3, -0.25) is 4.79 Å². The summed E-state index contributed by atoms with van der Waals surface area (Å²) >= 11 is 12.9. The van der Waals surface area contributed by atoms with Crippen LogP contribution in [0.3, 0.4) is 0 Å². The topological polar surface area (TPSA) is 44.8 Å². The van der Waals surface area contributed by atoms with E-state index in [9.17, 15) is 4.79 Å². The molecule has 0 aliphatic heterocycles. The molecule has 1 aromatic heterocycles. The lowest BCUT2D eigenvalue weighted by Gasteiger charge is -2.09. The minimum absolute atomic E-state index is 0.150. The van der Waals surface area contributed by atoms with Crippen molar-refractivity contribution in [3.8, 4) is 17.2 Å². The molecule has 112 valence electrons. The lowest BCUT2D eigenvalue weighted by Crippen LogP contribution is -2.11. The number of hydrogen-bond acceptors (Lipinski definition) is 5. The summed E-state index contributed by atoms with van der Waals surface area (Å²) in [5, 5.41) is 0. The maximum absolute atomic E-state index is 12.0. The van der Waals surface area contributed by atoms with Gasteiger partial charge in [0.05, 0.1) is 24.1 Å². The first-order valence-corrected chi connectivity index (χ1v) is 7.44. The summed E-state index contributed by atoms with van der Waals surface area (Å²) in [7, 11) is 3.08. The number of rotatable bonds is 6. The van der Waals surface area contributed by atoms with Crippen LogP contribution >= 0.6 is 34.5 Å². The van der Waals surface area contributed by atoms with Gasteiger partial charge in [0, 0.05) is 18.2 Å². The molecule has 0 amide bonds. The smallest absolute Gasteiger partial charge is 0.202 e. The van der Waals surface area contributed by atoms with Gasteiger partial charge in [0.25, 0.3) is 0 Å². The summed E-state index contributed by atoms with van der Waals surface area (Å²) in [6.45, 7) is -0.150. The molecule has 2 aromatic rings. The number of methoxy groups -OCH3 is 2. The molecule has 0 bridgehead atoms. The SMILES string of the molecule is COc1cc(OC)cc(OCC(=O)c2cc(Cl)sc2Cl)c1. The average Bonchev–Trinajstić information content (AvgIpc) is 2.83. The van der Waals surface area contributed by atoms with Gasteiger partial charge in [0.15, 0.2) is 6.61 Å². The molecule has 0 radical (unpaired) electrons. The van der Waals surface area contributed by atoms with Gasteiger partial charge in [-0.2, -0.15) is 0 Å². The van der Waals surface area contributed by atoms with Crippen LogP contribution in [0.25, 0.3) is 0 Å². The van der Waals surface area contributed by atoms with Crippen molar-refractivity contribution in [2.45, 2.75) is 0 Å². The molecule has 7 heteroatoms. The van der Waals surface area contributed by atoms with Crippen molar-refractivity contribution in [2.75, 3.05) is 20.8 Å². The predicted octanol–water partition coefficient (Wildman–Crippen LogP) is 4.33. The number of halogens is 2. The minimum atomic E-state index is -0.245. The van der Waals surface area contributed by atoms with E-state index in [1.807, 2.05) is 0 Å². The van der Waals surface area contributed by atoms with Crippen LogP contribution in [0.2, 0.25) is 8.67 Å². The molecule has 1 aromatic carbocycles. The second-order valence-corrected chi connectivity index (χ2v) is 6.28. The zero-order valence-electron chi connectivity index (χ0n) is 11.3. The molecule has 2 rings (SSSR count). The molecule has 0 unspecified atom stereocenters. The zero-order valence-corrected chi connectivity index (χ0v) is 13.6. The average molecular weight is 347 g/mol. The summed E-state index contributed by atoms with van der Waals surface area (Å²) in [6, 6.07) is 6.58. The van der Waals surface area contributed by atoms with Crippen molar-refractivity contribution in [3.05, 3.63) is 38.5 Å². The van der Waals surface area contributed by atoms with E-state index in [1.54, 1.807) is 18.2 Å². The zero-order chi connectivity index (χ0) is 15.4. The van der Waals surface area contributed by atoms with Gasteiger partial charge in [0.2, 0.25) is 5.78 Å². The first-order valence-electron chi connectivity index (χ1n) is 5.87. The Morgan fingerprint density at radius 1 is 1.05 bits per heavy atom. The van der Waals surface area contributed by atoms with E-state index >= 15 is 0 Å². The van der Waals surface area contributed by atoms with Crippen LogP contribution in [0.1, 0.15) is 10.4 Å². The third-order valence-corrected chi connectivity index (χ3v) is 4.14. The number of ether oxygens (including phenoxy) is 3. The lowest BCUT2D eigenvalue weighted by atomic mass is 10.2. The summed E-state index contributed by atoms with van der Waals surface area (Å²) in [6.07, 6.45) is 0. The summed E-state index contributed by atoms with van der Waals surface area (Å²) in [5.41, 5.74) is 0.363. The normalized spacial score (nSPS) is 10.3. The van der Waals surface area contributed by atoms with E-state index < -0.39 is 0 Å². The fraction of sp³-hybridized carbons (Fsp3) is 0.214. The van der Waals surface area contributed by atoms with E-state index in [0.29, 0.717) is 31.5 Å². The Balaban J connectivity index is 2.09. The van der Waals surface area contributed by atoms with E-state index in [1.165, 1.54) is 20.3 Å². The summed E-state index contributed by atoms with van der Waals surface area (Å²) < 4.78 is 16.5. The van der Waals surface area contributed by atoms with Gasteiger partial charge in [-0.1, -0.05) is 23.2 Å². The number of thiophene rings is 1. The van der Waals surface area contributed by atoms with E-state index in [-0.39, 0.29) is 12.4 Å². The Hall–Kier alpha value is -1.43. The fourth-order valence-corrected chi connectivity index (χ4v) is 3.12. The lowest BCUT2D eigenvalue weighted by molar-refractivity contribution is 0.0921. The molecule has 4 nitrogen and oxygen atoms in total. The van der Waals surface area contributed by atoms with Crippen molar-refractivity contribution in [1.82, 2.24) is 0 Å². The van der Waals surface area contributed by atoms with Crippen LogP contribution in [-0.4, -0.2) is 26.6 Å². The number of benzene rings is 1. The number of carbonyl (C=O) groups excluding carboxylic acids is 1. The van der Waals surface area contributed by atoms with Crippen LogP contribution in [0.4, 0.5) is 0 Å². The molecule has 0 saturated carbocycles. The Kier molecular flexibility index (Phi) is 5.33. The van der Waals surface area contributed by atoms with Crippen molar-refractivity contribution in [1.29, 1.82) is 0 Å². The quantitative estimate of drug-likeness (QED) is 0.730. The Bertz CT molecular complexity index is 632. The Labute approximate surface area is 136 Å². The first kappa shape index (κ1) is 15.9. The standard InChI is InChI=1S/C14H12Cl2O4S/c1-18-8-3-9(19-2)5-10(4-8)20-7-12(17)11-6-13(15)21-14(11)16/h3-6H,7H2,1-2H3. The monoisotopic (exact) mass is 346 g/mol. The predicted molar refractivity (Wildman–Crippen MR) is 83.7 cm³/mol.